The molecule has 1 aliphatic rings. The van der Waals surface area contributed by atoms with Gasteiger partial charge in [-0.05, 0) is 25.3 Å². The largest absolute Gasteiger partial charge is 0.383 e. The van der Waals surface area contributed by atoms with Crippen molar-refractivity contribution < 1.29 is 23.6 Å². The van der Waals surface area contributed by atoms with Crippen molar-refractivity contribution in [2.45, 2.75) is 30.8 Å². The zero-order valence-corrected chi connectivity index (χ0v) is 11.7. The lowest BCUT2D eigenvalue weighted by Gasteiger charge is -2.41. The number of nitro benzene ring substituents is 1. The molecule has 1 heterocycles. The number of aromatic nitrogens is 2. The quantitative estimate of drug-likeness (QED) is 0.586. The van der Waals surface area contributed by atoms with Crippen molar-refractivity contribution in [3.63, 3.8) is 0 Å². The van der Waals surface area contributed by atoms with Gasteiger partial charge in [0.1, 0.15) is 5.60 Å². The Bertz CT molecular complexity index is 800. The van der Waals surface area contributed by atoms with Crippen molar-refractivity contribution in [3.05, 3.63) is 28.3 Å². The maximum Gasteiger partial charge on any atom is 0.352 e. The lowest BCUT2D eigenvalue weighted by Crippen LogP contribution is -2.59. The molecule has 2 aromatic rings. The van der Waals surface area contributed by atoms with E-state index < -0.39 is 22.4 Å². The molecule has 1 saturated carbocycles. The third kappa shape index (κ3) is 2.31. The zero-order chi connectivity index (χ0) is 16.8. The first kappa shape index (κ1) is 15.3. The lowest BCUT2D eigenvalue weighted by atomic mass is 9.75. The number of aliphatic hydroxyl groups is 1. The highest BCUT2D eigenvalue weighted by atomic mass is 19.3. The van der Waals surface area contributed by atoms with E-state index in [0.29, 0.717) is 11.9 Å². The molecule has 1 fully saturated rings. The average Bonchev–Trinajstić information content (AvgIpc) is 2.86. The van der Waals surface area contributed by atoms with E-state index in [1.807, 2.05) is 5.32 Å². The van der Waals surface area contributed by atoms with Gasteiger partial charge in [0, 0.05) is 12.1 Å². The minimum absolute atomic E-state index is 0.129. The minimum Gasteiger partial charge on any atom is -0.383 e. The van der Waals surface area contributed by atoms with E-state index in [0.717, 1.165) is 6.07 Å². The van der Waals surface area contributed by atoms with Gasteiger partial charge < -0.3 is 10.4 Å². The molecule has 3 N–H and O–H groups in total. The maximum atomic E-state index is 14.0. The number of anilines is 1. The van der Waals surface area contributed by atoms with Crippen LogP contribution in [0.15, 0.2) is 18.2 Å². The van der Waals surface area contributed by atoms with Crippen molar-refractivity contribution in [2.24, 2.45) is 0 Å². The van der Waals surface area contributed by atoms with Gasteiger partial charge >= 0.3 is 5.92 Å². The summed E-state index contributed by atoms with van der Waals surface area (Å²) in [6, 6.07) is 3.69. The summed E-state index contributed by atoms with van der Waals surface area (Å²) >= 11 is 0. The molecule has 0 spiro atoms. The van der Waals surface area contributed by atoms with E-state index in [9.17, 15) is 28.8 Å². The van der Waals surface area contributed by atoms with Gasteiger partial charge in [0.05, 0.1) is 15.8 Å². The molecule has 0 radical (unpaired) electrons. The summed E-state index contributed by atoms with van der Waals surface area (Å²) in [5.41, 5.74) is -2.27. The molecule has 1 amide bonds. The van der Waals surface area contributed by atoms with E-state index in [1.54, 1.807) is 0 Å². The van der Waals surface area contributed by atoms with Crippen LogP contribution in [0.3, 0.4) is 0 Å². The number of alkyl halides is 2. The van der Waals surface area contributed by atoms with Crippen LogP contribution in [-0.4, -0.2) is 37.7 Å². The number of halogens is 2. The van der Waals surface area contributed by atoms with Crippen LogP contribution in [0.4, 0.5) is 20.3 Å². The Kier molecular flexibility index (Phi) is 3.29. The predicted molar refractivity (Wildman–Crippen MR) is 75.1 cm³/mol. The average molecular weight is 326 g/mol. The van der Waals surface area contributed by atoms with E-state index >= 15 is 0 Å². The molecular formula is C13H12F2N4O4. The number of aromatic amines is 1. The fraction of sp³-hybridized carbons (Fsp3) is 0.385. The number of nitrogens with zero attached hydrogens (tertiary/aromatic N) is 2. The summed E-state index contributed by atoms with van der Waals surface area (Å²) in [7, 11) is 0. The molecule has 10 heteroatoms. The lowest BCUT2D eigenvalue weighted by molar-refractivity contribution is -0.384. The van der Waals surface area contributed by atoms with Gasteiger partial charge in [-0.3, -0.25) is 20.0 Å². The van der Waals surface area contributed by atoms with Crippen molar-refractivity contribution in [2.75, 3.05) is 5.32 Å². The predicted octanol–water partition coefficient (Wildman–Crippen LogP) is 1.96. The number of non-ortho nitro benzene ring substituents is 1. The van der Waals surface area contributed by atoms with Gasteiger partial charge in [0.2, 0.25) is 0 Å². The molecule has 122 valence electrons. The van der Waals surface area contributed by atoms with Crippen LogP contribution in [-0.2, 0) is 4.79 Å². The Hall–Kier alpha value is -2.62. The van der Waals surface area contributed by atoms with Crippen molar-refractivity contribution in [1.29, 1.82) is 0 Å². The number of H-pyrrole nitrogens is 1. The standard InChI is InChI=1S/C13H12F2N4O4/c14-13(15,12(21)4-1-5-12)11(20)16-10-8-6-7(19(22)23)2-3-9(8)17-18-10/h2-3,6,21H,1,4-5H2,(H2,16,17,18,20). The summed E-state index contributed by atoms with van der Waals surface area (Å²) in [5, 5.41) is 28.7. The number of fused-ring (bicyclic) bond motifs is 1. The zero-order valence-electron chi connectivity index (χ0n) is 11.7. The Balaban J connectivity index is 1.90. The highest BCUT2D eigenvalue weighted by molar-refractivity contribution is 6.03. The molecule has 1 aromatic heterocycles. The number of carbonyl (C=O) groups is 1. The fourth-order valence-corrected chi connectivity index (χ4v) is 2.43. The van der Waals surface area contributed by atoms with E-state index in [4.69, 9.17) is 0 Å². The van der Waals surface area contributed by atoms with Crippen LogP contribution < -0.4 is 5.32 Å². The highest BCUT2D eigenvalue weighted by Gasteiger charge is 2.61. The smallest absolute Gasteiger partial charge is 0.352 e. The topological polar surface area (TPSA) is 121 Å². The first-order valence-corrected chi connectivity index (χ1v) is 6.79. The summed E-state index contributed by atoms with van der Waals surface area (Å²) in [4.78, 5) is 21.9. The van der Waals surface area contributed by atoms with Crippen LogP contribution in [0.1, 0.15) is 19.3 Å². The molecule has 0 saturated heterocycles. The molecule has 0 atom stereocenters. The van der Waals surface area contributed by atoms with E-state index in [1.165, 1.54) is 12.1 Å². The molecule has 0 unspecified atom stereocenters. The monoisotopic (exact) mass is 326 g/mol. The first-order valence-electron chi connectivity index (χ1n) is 6.79. The second kappa shape index (κ2) is 4.95. The number of hydrogen-bond acceptors (Lipinski definition) is 5. The number of amides is 1. The Labute approximate surface area is 127 Å². The fourth-order valence-electron chi connectivity index (χ4n) is 2.43. The van der Waals surface area contributed by atoms with Gasteiger partial charge in [-0.15, -0.1) is 0 Å². The third-order valence-electron chi connectivity index (χ3n) is 4.04. The van der Waals surface area contributed by atoms with Gasteiger partial charge in [-0.1, -0.05) is 0 Å². The van der Waals surface area contributed by atoms with Gasteiger partial charge in [-0.25, -0.2) is 0 Å². The maximum absolute atomic E-state index is 14.0. The molecule has 1 aromatic carbocycles. The Morgan fingerprint density at radius 1 is 1.48 bits per heavy atom. The summed E-state index contributed by atoms with van der Waals surface area (Å²) in [5.74, 6) is -5.92. The highest BCUT2D eigenvalue weighted by Crippen LogP contribution is 2.44. The van der Waals surface area contributed by atoms with Crippen LogP contribution in [0.2, 0.25) is 0 Å². The molecule has 0 aliphatic heterocycles. The van der Waals surface area contributed by atoms with E-state index in [-0.39, 0.29) is 29.7 Å². The number of rotatable bonds is 4. The molecule has 3 rings (SSSR count). The number of hydrogen-bond donors (Lipinski definition) is 3. The summed E-state index contributed by atoms with van der Waals surface area (Å²) < 4.78 is 28.1. The van der Waals surface area contributed by atoms with Crippen molar-refractivity contribution in [1.82, 2.24) is 10.2 Å². The number of carbonyl (C=O) groups excluding carboxylic acids is 1. The van der Waals surface area contributed by atoms with Crippen LogP contribution >= 0.6 is 0 Å². The van der Waals surface area contributed by atoms with Crippen molar-refractivity contribution in [3.8, 4) is 0 Å². The minimum atomic E-state index is -3.97. The molecular weight excluding hydrogens is 314 g/mol. The van der Waals surface area contributed by atoms with E-state index in [2.05, 4.69) is 10.2 Å². The number of nitrogens with one attached hydrogen (secondary N) is 2. The van der Waals surface area contributed by atoms with Crippen LogP contribution in [0, 0.1) is 10.1 Å². The van der Waals surface area contributed by atoms with Gasteiger partial charge in [0.25, 0.3) is 11.6 Å². The molecule has 0 bridgehead atoms. The van der Waals surface area contributed by atoms with Crippen molar-refractivity contribution >= 4 is 28.3 Å². The molecule has 23 heavy (non-hydrogen) atoms. The SMILES string of the molecule is O=C(Nc1n[nH]c2ccc([N+](=O)[O-])cc12)C(F)(F)C1(O)CCC1. The van der Waals surface area contributed by atoms with Crippen LogP contribution in [0.5, 0.6) is 0 Å². The summed E-state index contributed by atoms with van der Waals surface area (Å²) in [6.07, 6.45) is 0.0807. The molecule has 1 aliphatic carbocycles. The Morgan fingerprint density at radius 2 is 2.17 bits per heavy atom. The van der Waals surface area contributed by atoms with Gasteiger partial charge in [0.15, 0.2) is 5.82 Å². The third-order valence-corrected chi connectivity index (χ3v) is 4.04. The number of nitro groups is 1. The summed E-state index contributed by atoms with van der Waals surface area (Å²) in [6.45, 7) is 0. The second-order valence-electron chi connectivity index (χ2n) is 5.47. The van der Waals surface area contributed by atoms with Crippen LogP contribution in [0.25, 0.3) is 10.9 Å². The van der Waals surface area contributed by atoms with Gasteiger partial charge in [-0.2, -0.15) is 13.9 Å². The first-order chi connectivity index (χ1) is 10.7. The second-order valence-corrected chi connectivity index (χ2v) is 5.47. The normalized spacial score (nSPS) is 16.8. The Morgan fingerprint density at radius 3 is 2.74 bits per heavy atom. The number of benzene rings is 1. The molecule has 8 nitrogen and oxygen atoms in total.